The van der Waals surface area contributed by atoms with Gasteiger partial charge in [0, 0.05) is 30.4 Å². The van der Waals surface area contributed by atoms with E-state index in [-0.39, 0.29) is 17.5 Å². The molecule has 0 spiro atoms. The Morgan fingerprint density at radius 2 is 2.00 bits per heavy atom. The molecule has 21 heavy (non-hydrogen) atoms. The van der Waals surface area contributed by atoms with E-state index < -0.39 is 0 Å². The van der Waals surface area contributed by atoms with Gasteiger partial charge in [-0.15, -0.1) is 0 Å². The van der Waals surface area contributed by atoms with Crippen molar-refractivity contribution in [3.05, 3.63) is 53.1 Å². The normalized spacial score (nSPS) is 16.4. The lowest BCUT2D eigenvalue weighted by Gasteiger charge is -2.34. The van der Waals surface area contributed by atoms with E-state index in [2.05, 4.69) is 11.0 Å². The van der Waals surface area contributed by atoms with Gasteiger partial charge in [-0.2, -0.15) is 0 Å². The number of aromatic hydroxyl groups is 2. The molecule has 4 nitrogen and oxygen atoms in total. The van der Waals surface area contributed by atoms with Crippen LogP contribution in [-0.2, 0) is 13.0 Å². The van der Waals surface area contributed by atoms with E-state index in [1.165, 1.54) is 23.3 Å². The Kier molecular flexibility index (Phi) is 3.47. The van der Waals surface area contributed by atoms with Gasteiger partial charge in [-0.25, -0.2) is 0 Å². The molecule has 0 saturated heterocycles. The molecule has 110 valence electrons. The number of nitrogens with zero attached hydrogens (tertiary/aromatic N) is 1. The van der Waals surface area contributed by atoms with Gasteiger partial charge in [-0.1, -0.05) is 12.1 Å². The van der Waals surface area contributed by atoms with Gasteiger partial charge in [0.2, 0.25) is 0 Å². The second-order valence-electron chi connectivity index (χ2n) is 5.62. The van der Waals surface area contributed by atoms with E-state index in [1.54, 1.807) is 6.07 Å². The third-order valence-electron chi connectivity index (χ3n) is 4.35. The van der Waals surface area contributed by atoms with Crippen molar-refractivity contribution in [1.82, 2.24) is 4.90 Å². The summed E-state index contributed by atoms with van der Waals surface area (Å²) in [7, 11) is 0. The SMILES string of the molecule is CC(c1cc(O)ccc1O)N1CCc2cccc(N)c2C1. The van der Waals surface area contributed by atoms with Crippen LogP contribution in [0.2, 0.25) is 0 Å². The van der Waals surface area contributed by atoms with E-state index in [0.717, 1.165) is 30.8 Å². The molecule has 2 aromatic rings. The standard InChI is InChI=1S/C17H20N2O2/c1-11(14-9-13(20)5-6-17(14)21)19-8-7-12-3-2-4-16(18)15(12)10-19/h2-6,9,11,20-21H,7-8,10,18H2,1H3. The molecule has 0 amide bonds. The van der Waals surface area contributed by atoms with Crippen LogP contribution in [0.3, 0.4) is 0 Å². The minimum absolute atomic E-state index is 0.0184. The fourth-order valence-electron chi connectivity index (χ4n) is 3.03. The molecule has 0 radical (unpaired) electrons. The predicted molar refractivity (Wildman–Crippen MR) is 83.2 cm³/mol. The zero-order chi connectivity index (χ0) is 15.0. The highest BCUT2D eigenvalue weighted by Crippen LogP contribution is 2.35. The van der Waals surface area contributed by atoms with Crippen molar-refractivity contribution < 1.29 is 10.2 Å². The van der Waals surface area contributed by atoms with Gasteiger partial charge in [0.25, 0.3) is 0 Å². The number of benzene rings is 2. The Morgan fingerprint density at radius 3 is 2.81 bits per heavy atom. The first kappa shape index (κ1) is 13.8. The molecule has 1 aliphatic rings. The lowest BCUT2D eigenvalue weighted by Crippen LogP contribution is -2.33. The maximum atomic E-state index is 10.0. The molecule has 1 atom stereocenters. The molecule has 0 saturated carbocycles. The van der Waals surface area contributed by atoms with E-state index in [9.17, 15) is 10.2 Å². The maximum Gasteiger partial charge on any atom is 0.120 e. The molecule has 4 N–H and O–H groups in total. The summed E-state index contributed by atoms with van der Waals surface area (Å²) in [6, 6.07) is 10.7. The van der Waals surface area contributed by atoms with Crippen LogP contribution >= 0.6 is 0 Å². The number of anilines is 1. The Hall–Kier alpha value is -2.20. The number of hydrogen-bond donors (Lipinski definition) is 3. The molecule has 2 aromatic carbocycles. The summed E-state index contributed by atoms with van der Waals surface area (Å²) in [4.78, 5) is 2.27. The van der Waals surface area contributed by atoms with Crippen molar-refractivity contribution in [3.8, 4) is 11.5 Å². The lowest BCUT2D eigenvalue weighted by molar-refractivity contribution is 0.189. The third-order valence-corrected chi connectivity index (χ3v) is 4.35. The summed E-state index contributed by atoms with van der Waals surface area (Å²) in [5, 5.41) is 19.7. The van der Waals surface area contributed by atoms with Crippen molar-refractivity contribution >= 4 is 5.69 Å². The van der Waals surface area contributed by atoms with Gasteiger partial charge in [0.05, 0.1) is 0 Å². The molecule has 4 heteroatoms. The fraction of sp³-hybridized carbons (Fsp3) is 0.294. The summed E-state index contributed by atoms with van der Waals surface area (Å²) >= 11 is 0. The van der Waals surface area contributed by atoms with Gasteiger partial charge >= 0.3 is 0 Å². The van der Waals surface area contributed by atoms with E-state index in [0.29, 0.717) is 0 Å². The topological polar surface area (TPSA) is 69.7 Å². The number of fused-ring (bicyclic) bond motifs is 1. The third kappa shape index (κ3) is 2.54. The minimum Gasteiger partial charge on any atom is -0.508 e. The van der Waals surface area contributed by atoms with Gasteiger partial charge in [-0.05, 0) is 48.7 Å². The second kappa shape index (κ2) is 5.30. The molecule has 0 bridgehead atoms. The predicted octanol–water partition coefficient (Wildman–Crippen LogP) is 2.80. The van der Waals surface area contributed by atoms with Gasteiger partial charge in [-0.3, -0.25) is 4.90 Å². The highest BCUT2D eigenvalue weighted by atomic mass is 16.3. The Balaban J connectivity index is 1.89. The molecule has 3 rings (SSSR count). The summed E-state index contributed by atoms with van der Waals surface area (Å²) < 4.78 is 0. The first-order chi connectivity index (χ1) is 10.1. The number of hydrogen-bond acceptors (Lipinski definition) is 4. The molecule has 0 fully saturated rings. The largest absolute Gasteiger partial charge is 0.508 e. The molecule has 1 aliphatic heterocycles. The number of phenolic OH excluding ortho intramolecular Hbond substituents is 2. The average Bonchev–Trinajstić information content (AvgIpc) is 2.49. The van der Waals surface area contributed by atoms with E-state index in [4.69, 9.17) is 5.73 Å². The maximum absolute atomic E-state index is 10.0. The van der Waals surface area contributed by atoms with Crippen LogP contribution < -0.4 is 5.73 Å². The molecular weight excluding hydrogens is 264 g/mol. The summed E-state index contributed by atoms with van der Waals surface area (Å²) in [5.74, 6) is 0.388. The Labute approximate surface area is 124 Å². The van der Waals surface area contributed by atoms with Gasteiger partial charge in [0.1, 0.15) is 11.5 Å². The summed E-state index contributed by atoms with van der Waals surface area (Å²) in [6.45, 7) is 3.71. The monoisotopic (exact) mass is 284 g/mol. The zero-order valence-electron chi connectivity index (χ0n) is 12.1. The average molecular weight is 284 g/mol. The highest BCUT2D eigenvalue weighted by molar-refractivity contribution is 5.52. The highest BCUT2D eigenvalue weighted by Gasteiger charge is 2.24. The number of nitrogens with two attached hydrogens (primary N) is 1. The first-order valence-electron chi connectivity index (χ1n) is 7.18. The van der Waals surface area contributed by atoms with Crippen molar-refractivity contribution in [2.75, 3.05) is 12.3 Å². The lowest BCUT2D eigenvalue weighted by atomic mass is 9.95. The smallest absolute Gasteiger partial charge is 0.120 e. The van der Waals surface area contributed by atoms with Crippen LogP contribution in [0.1, 0.15) is 29.7 Å². The van der Waals surface area contributed by atoms with Crippen LogP contribution in [-0.4, -0.2) is 21.7 Å². The Morgan fingerprint density at radius 1 is 1.19 bits per heavy atom. The molecule has 1 unspecified atom stereocenters. The van der Waals surface area contributed by atoms with Crippen molar-refractivity contribution in [3.63, 3.8) is 0 Å². The Bertz CT molecular complexity index is 670. The molecule has 1 heterocycles. The first-order valence-corrected chi connectivity index (χ1v) is 7.18. The van der Waals surface area contributed by atoms with Gasteiger partial charge < -0.3 is 15.9 Å². The second-order valence-corrected chi connectivity index (χ2v) is 5.62. The number of nitrogen functional groups attached to an aromatic ring is 1. The minimum atomic E-state index is 0.0184. The summed E-state index contributed by atoms with van der Waals surface area (Å²) in [6.07, 6.45) is 0.949. The van der Waals surface area contributed by atoms with Crippen molar-refractivity contribution in [2.45, 2.75) is 25.9 Å². The molecule has 0 aromatic heterocycles. The molecular formula is C17H20N2O2. The molecule has 0 aliphatic carbocycles. The van der Waals surface area contributed by atoms with Crippen LogP contribution in [0, 0.1) is 0 Å². The van der Waals surface area contributed by atoms with E-state index in [1.807, 2.05) is 19.1 Å². The van der Waals surface area contributed by atoms with Crippen molar-refractivity contribution in [1.29, 1.82) is 0 Å². The number of phenols is 2. The van der Waals surface area contributed by atoms with Crippen LogP contribution in [0.4, 0.5) is 5.69 Å². The van der Waals surface area contributed by atoms with Crippen LogP contribution in [0.15, 0.2) is 36.4 Å². The fourth-order valence-corrected chi connectivity index (χ4v) is 3.03. The van der Waals surface area contributed by atoms with Crippen molar-refractivity contribution in [2.24, 2.45) is 0 Å². The number of rotatable bonds is 2. The van der Waals surface area contributed by atoms with E-state index >= 15 is 0 Å². The summed E-state index contributed by atoms with van der Waals surface area (Å²) in [5.41, 5.74) is 10.1. The zero-order valence-corrected chi connectivity index (χ0v) is 12.1. The van der Waals surface area contributed by atoms with Crippen LogP contribution in [0.25, 0.3) is 0 Å². The van der Waals surface area contributed by atoms with Gasteiger partial charge in [0.15, 0.2) is 0 Å². The quantitative estimate of drug-likeness (QED) is 0.586. The van der Waals surface area contributed by atoms with Crippen LogP contribution in [0.5, 0.6) is 11.5 Å².